The van der Waals surface area contributed by atoms with Crippen LogP contribution in [0.3, 0.4) is 0 Å². The summed E-state index contributed by atoms with van der Waals surface area (Å²) in [5.74, 6) is -0.644. The Morgan fingerprint density at radius 3 is 2.24 bits per heavy atom. The molecule has 1 heterocycles. The Hall–Kier alpha value is -3.12. The molecule has 1 aliphatic heterocycles. The Bertz CT molecular complexity index is 979. The summed E-state index contributed by atoms with van der Waals surface area (Å²) in [6, 6.07) is 15.7. The molecule has 0 radical (unpaired) electrons. The van der Waals surface area contributed by atoms with Gasteiger partial charge < -0.3 is 19.6 Å². The molecule has 0 aliphatic carbocycles. The van der Waals surface area contributed by atoms with Crippen molar-refractivity contribution in [1.82, 2.24) is 9.80 Å². The molecule has 0 spiro atoms. The summed E-state index contributed by atoms with van der Waals surface area (Å²) in [6.07, 6.45) is 0.783. The first-order valence-corrected chi connectivity index (χ1v) is 11.7. The number of likely N-dealkylation sites (tertiary alicyclic amines) is 1. The summed E-state index contributed by atoms with van der Waals surface area (Å²) in [4.78, 5) is 30.0. The van der Waals surface area contributed by atoms with Crippen LogP contribution in [0.5, 0.6) is 5.75 Å². The number of aliphatic hydroxyl groups excluding tert-OH is 1. The van der Waals surface area contributed by atoms with Crippen molar-refractivity contribution in [3.8, 4) is 5.75 Å². The molecule has 2 aromatic carbocycles. The van der Waals surface area contributed by atoms with E-state index >= 15 is 0 Å². The van der Waals surface area contributed by atoms with Gasteiger partial charge in [0.15, 0.2) is 0 Å². The van der Waals surface area contributed by atoms with Gasteiger partial charge >= 0.3 is 0 Å². The fourth-order valence-corrected chi connectivity index (χ4v) is 4.21. The number of amides is 1. The molecule has 1 saturated heterocycles. The Kier molecular flexibility index (Phi) is 8.28. The van der Waals surface area contributed by atoms with Gasteiger partial charge in [0.25, 0.3) is 11.7 Å². The Balaban J connectivity index is 1.99. The number of rotatable bonds is 10. The van der Waals surface area contributed by atoms with Gasteiger partial charge in [-0.25, -0.2) is 0 Å². The number of ether oxygens (including phenoxy) is 1. The minimum Gasteiger partial charge on any atom is -0.507 e. The van der Waals surface area contributed by atoms with E-state index in [1.165, 1.54) is 0 Å². The van der Waals surface area contributed by atoms with E-state index in [2.05, 4.69) is 18.7 Å². The highest BCUT2D eigenvalue weighted by Gasteiger charge is 2.45. The van der Waals surface area contributed by atoms with Crippen LogP contribution in [-0.2, 0) is 9.59 Å². The van der Waals surface area contributed by atoms with Gasteiger partial charge in [0.2, 0.25) is 0 Å². The molecule has 1 fully saturated rings. The molecule has 1 aliphatic rings. The number of hydrogen-bond donors (Lipinski definition) is 1. The molecule has 33 heavy (non-hydrogen) atoms. The van der Waals surface area contributed by atoms with Crippen LogP contribution in [0, 0.1) is 0 Å². The lowest BCUT2D eigenvalue weighted by atomic mass is 9.95. The second-order valence-corrected chi connectivity index (χ2v) is 8.47. The first-order valence-electron chi connectivity index (χ1n) is 11.7. The van der Waals surface area contributed by atoms with Gasteiger partial charge in [-0.2, -0.15) is 0 Å². The lowest BCUT2D eigenvalue weighted by Crippen LogP contribution is -2.33. The maximum Gasteiger partial charge on any atom is 0.295 e. The number of carbonyl (C=O) groups excluding carboxylic acids is 2. The van der Waals surface area contributed by atoms with Crippen LogP contribution < -0.4 is 4.74 Å². The molecule has 1 amide bonds. The fourth-order valence-electron chi connectivity index (χ4n) is 4.21. The van der Waals surface area contributed by atoms with Crippen LogP contribution in [0.2, 0.25) is 0 Å². The lowest BCUT2D eigenvalue weighted by Gasteiger charge is -2.27. The topological polar surface area (TPSA) is 70.1 Å². The van der Waals surface area contributed by atoms with Crippen LogP contribution >= 0.6 is 0 Å². The zero-order valence-corrected chi connectivity index (χ0v) is 20.0. The molecule has 176 valence electrons. The second kappa shape index (κ2) is 11.1. The van der Waals surface area contributed by atoms with Crippen molar-refractivity contribution in [1.29, 1.82) is 0 Å². The van der Waals surface area contributed by atoms with Gasteiger partial charge in [-0.1, -0.05) is 56.3 Å². The summed E-state index contributed by atoms with van der Waals surface area (Å²) < 4.78 is 5.75. The van der Waals surface area contributed by atoms with E-state index in [-0.39, 0.29) is 17.4 Å². The van der Waals surface area contributed by atoms with Gasteiger partial charge in [-0.05, 0) is 57.6 Å². The number of ketones is 1. The van der Waals surface area contributed by atoms with Crippen LogP contribution in [-0.4, -0.2) is 58.9 Å². The highest BCUT2D eigenvalue weighted by molar-refractivity contribution is 6.46. The molecule has 3 rings (SSSR count). The van der Waals surface area contributed by atoms with E-state index in [0.717, 1.165) is 37.4 Å². The maximum atomic E-state index is 13.1. The average Bonchev–Trinajstić information content (AvgIpc) is 3.07. The number of Topliss-reactive ketones (excluding diaryl/α,β-unsaturated/α-hetero) is 1. The van der Waals surface area contributed by atoms with E-state index in [9.17, 15) is 14.7 Å². The Labute approximate surface area is 196 Å². The third-order valence-electron chi connectivity index (χ3n) is 5.92. The first-order chi connectivity index (χ1) is 15.9. The van der Waals surface area contributed by atoms with Crippen molar-refractivity contribution < 1.29 is 19.4 Å². The van der Waals surface area contributed by atoms with Crippen molar-refractivity contribution in [2.24, 2.45) is 0 Å². The average molecular weight is 451 g/mol. The number of nitrogens with zero attached hydrogens (tertiary/aromatic N) is 2. The predicted molar refractivity (Wildman–Crippen MR) is 130 cm³/mol. The summed E-state index contributed by atoms with van der Waals surface area (Å²) in [5, 5.41) is 11.1. The molecule has 6 heteroatoms. The monoisotopic (exact) mass is 450 g/mol. The second-order valence-electron chi connectivity index (χ2n) is 8.47. The Morgan fingerprint density at radius 2 is 1.67 bits per heavy atom. The predicted octanol–water partition coefficient (Wildman–Crippen LogP) is 4.63. The van der Waals surface area contributed by atoms with E-state index in [1.807, 2.05) is 44.2 Å². The summed E-state index contributed by atoms with van der Waals surface area (Å²) in [7, 11) is 0. The third kappa shape index (κ3) is 5.63. The SMILES string of the molecule is CCN(CC)CCCN1C(=O)C(=O)/C(=C(\O)c2ccccc2)C1c1ccc(OC(C)C)cc1. The van der Waals surface area contributed by atoms with Crippen molar-refractivity contribution in [2.45, 2.75) is 46.3 Å². The normalized spacial score (nSPS) is 17.9. The Morgan fingerprint density at radius 1 is 1.03 bits per heavy atom. The largest absolute Gasteiger partial charge is 0.507 e. The number of carbonyl (C=O) groups is 2. The maximum absolute atomic E-state index is 13.1. The molecule has 1 N–H and O–H groups in total. The van der Waals surface area contributed by atoms with Gasteiger partial charge in [-0.3, -0.25) is 9.59 Å². The zero-order valence-electron chi connectivity index (χ0n) is 20.0. The van der Waals surface area contributed by atoms with Gasteiger partial charge in [0.1, 0.15) is 11.5 Å². The molecular formula is C27H34N2O4. The molecule has 0 saturated carbocycles. The minimum absolute atomic E-state index is 0.0413. The summed E-state index contributed by atoms with van der Waals surface area (Å²) >= 11 is 0. The van der Waals surface area contributed by atoms with Gasteiger partial charge in [0, 0.05) is 12.1 Å². The fraction of sp³-hybridized carbons (Fsp3) is 0.407. The molecule has 1 atom stereocenters. The van der Waals surface area contributed by atoms with Crippen LogP contribution in [0.15, 0.2) is 60.2 Å². The highest BCUT2D eigenvalue weighted by Crippen LogP contribution is 2.39. The standard InChI is InChI=1S/C27H34N2O4/c1-5-28(6-2)17-10-18-29-24(20-13-15-22(16-14-20)33-19(3)4)23(26(31)27(29)32)25(30)21-11-8-7-9-12-21/h7-9,11-16,19,24,30H,5-6,10,17-18H2,1-4H3/b25-23-. The third-order valence-corrected chi connectivity index (χ3v) is 5.92. The molecule has 0 aromatic heterocycles. The van der Waals surface area contributed by atoms with E-state index in [1.54, 1.807) is 29.2 Å². The van der Waals surface area contributed by atoms with Crippen LogP contribution in [0.4, 0.5) is 0 Å². The minimum atomic E-state index is -0.647. The van der Waals surface area contributed by atoms with Crippen LogP contribution in [0.25, 0.3) is 5.76 Å². The lowest BCUT2D eigenvalue weighted by molar-refractivity contribution is -0.140. The number of aliphatic hydroxyl groups is 1. The highest BCUT2D eigenvalue weighted by atomic mass is 16.5. The van der Waals surface area contributed by atoms with Crippen molar-refractivity contribution in [3.05, 3.63) is 71.3 Å². The molecule has 2 aromatic rings. The molecule has 0 bridgehead atoms. The number of hydrogen-bond acceptors (Lipinski definition) is 5. The van der Waals surface area contributed by atoms with Gasteiger partial charge in [0.05, 0.1) is 17.7 Å². The van der Waals surface area contributed by atoms with Crippen molar-refractivity contribution in [2.75, 3.05) is 26.2 Å². The van der Waals surface area contributed by atoms with Crippen molar-refractivity contribution >= 4 is 17.4 Å². The van der Waals surface area contributed by atoms with Crippen molar-refractivity contribution in [3.63, 3.8) is 0 Å². The van der Waals surface area contributed by atoms with E-state index < -0.39 is 17.7 Å². The van der Waals surface area contributed by atoms with Crippen LogP contribution in [0.1, 0.15) is 51.3 Å². The quantitative estimate of drug-likeness (QED) is 0.325. The van der Waals surface area contributed by atoms with E-state index in [0.29, 0.717) is 12.1 Å². The summed E-state index contributed by atoms with van der Waals surface area (Å²) in [5.41, 5.74) is 1.42. The zero-order chi connectivity index (χ0) is 24.0. The smallest absolute Gasteiger partial charge is 0.295 e. The molecular weight excluding hydrogens is 416 g/mol. The molecule has 6 nitrogen and oxygen atoms in total. The summed E-state index contributed by atoms with van der Waals surface area (Å²) in [6.45, 7) is 11.3. The van der Waals surface area contributed by atoms with E-state index in [4.69, 9.17) is 4.74 Å². The van der Waals surface area contributed by atoms with Gasteiger partial charge in [-0.15, -0.1) is 0 Å². The first kappa shape index (κ1) is 24.5. The number of benzene rings is 2. The molecule has 1 unspecified atom stereocenters.